The second kappa shape index (κ2) is 8.81. The van der Waals surface area contributed by atoms with Gasteiger partial charge in [-0.3, -0.25) is 9.69 Å². The Labute approximate surface area is 176 Å². The van der Waals surface area contributed by atoms with Gasteiger partial charge < -0.3 is 15.7 Å². The maximum atomic E-state index is 12.6. The lowest BCUT2D eigenvalue weighted by Gasteiger charge is -2.36. The summed E-state index contributed by atoms with van der Waals surface area (Å²) in [7, 11) is 0. The Hall–Kier alpha value is -1.96. The number of benzene rings is 1. The first-order chi connectivity index (χ1) is 14.0. The Morgan fingerprint density at radius 2 is 2.03 bits per heavy atom. The molecule has 3 N–H and O–H groups in total. The number of anilines is 1. The van der Waals surface area contributed by atoms with E-state index in [1.807, 2.05) is 10.3 Å². The number of hydrogen-bond acceptors (Lipinski definition) is 6. The number of nitrogens with zero attached hydrogens (tertiary/aromatic N) is 3. The Bertz CT molecular complexity index is 855. The number of nitrogens with two attached hydrogens (primary N) is 1. The van der Waals surface area contributed by atoms with Gasteiger partial charge in [0.05, 0.1) is 11.3 Å². The van der Waals surface area contributed by atoms with Crippen LogP contribution in [0.5, 0.6) is 0 Å². The number of hydrogen-bond donors (Lipinski definition) is 2. The van der Waals surface area contributed by atoms with Crippen LogP contribution in [0, 0.1) is 0 Å². The van der Waals surface area contributed by atoms with Crippen LogP contribution in [0.4, 0.5) is 5.13 Å². The Kier molecular flexibility index (Phi) is 6.18. The van der Waals surface area contributed by atoms with E-state index in [4.69, 9.17) is 5.73 Å². The minimum Gasteiger partial charge on any atom is -0.388 e. The molecule has 156 valence electrons. The minimum absolute atomic E-state index is 0.146. The van der Waals surface area contributed by atoms with E-state index in [1.165, 1.54) is 22.5 Å². The van der Waals surface area contributed by atoms with Gasteiger partial charge in [0.15, 0.2) is 5.13 Å². The van der Waals surface area contributed by atoms with Crippen LogP contribution in [0.3, 0.4) is 0 Å². The first-order valence-electron chi connectivity index (χ1n) is 10.5. The standard InChI is InChI=1S/C22H30N4O2S/c23-21-24-19(15-29-21)6-7-20(27)26-11-3-9-22(28,10-13-26)16-25-12-8-17-4-1-2-5-18(17)14-25/h1-2,4-5,15,28H,3,6-14,16H2,(H2,23,24)/t22-/m0/s1. The average Bonchev–Trinajstić information content (AvgIpc) is 3.03. The number of carbonyl (C=O) groups is 1. The summed E-state index contributed by atoms with van der Waals surface area (Å²) in [5.74, 6) is 0.146. The van der Waals surface area contributed by atoms with E-state index < -0.39 is 5.60 Å². The number of rotatable bonds is 5. The number of nitrogen functional groups attached to an aromatic ring is 1. The van der Waals surface area contributed by atoms with Crippen molar-refractivity contribution in [3.63, 3.8) is 0 Å². The van der Waals surface area contributed by atoms with Gasteiger partial charge in [0, 0.05) is 44.5 Å². The van der Waals surface area contributed by atoms with E-state index in [-0.39, 0.29) is 5.91 Å². The molecule has 0 aliphatic carbocycles. The normalized spacial score (nSPS) is 22.9. The van der Waals surface area contributed by atoms with Crippen molar-refractivity contribution in [3.8, 4) is 0 Å². The van der Waals surface area contributed by atoms with Gasteiger partial charge in [0.2, 0.25) is 5.91 Å². The van der Waals surface area contributed by atoms with E-state index >= 15 is 0 Å². The zero-order valence-corrected chi connectivity index (χ0v) is 17.7. The van der Waals surface area contributed by atoms with Gasteiger partial charge in [-0.15, -0.1) is 11.3 Å². The van der Waals surface area contributed by atoms with E-state index in [0.29, 0.717) is 37.5 Å². The lowest BCUT2D eigenvalue weighted by Crippen LogP contribution is -2.45. The highest BCUT2D eigenvalue weighted by atomic mass is 32.1. The second-order valence-electron chi connectivity index (χ2n) is 8.37. The Morgan fingerprint density at radius 3 is 2.83 bits per heavy atom. The zero-order chi connectivity index (χ0) is 20.3. The van der Waals surface area contributed by atoms with E-state index in [9.17, 15) is 9.90 Å². The van der Waals surface area contributed by atoms with E-state index in [2.05, 4.69) is 34.1 Å². The summed E-state index contributed by atoms with van der Waals surface area (Å²) in [6.07, 6.45) is 4.34. The number of amides is 1. The number of fused-ring (bicyclic) bond motifs is 1. The summed E-state index contributed by atoms with van der Waals surface area (Å²) in [6, 6.07) is 8.58. The molecule has 4 rings (SSSR count). The van der Waals surface area contributed by atoms with E-state index in [0.717, 1.165) is 44.6 Å². The molecule has 1 saturated heterocycles. The number of likely N-dealkylation sites (tertiary alicyclic amines) is 1. The lowest BCUT2D eigenvalue weighted by molar-refractivity contribution is -0.131. The molecule has 0 saturated carbocycles. The molecule has 29 heavy (non-hydrogen) atoms. The maximum Gasteiger partial charge on any atom is 0.222 e. The lowest BCUT2D eigenvalue weighted by atomic mass is 9.92. The van der Waals surface area contributed by atoms with Crippen LogP contribution in [-0.2, 0) is 24.2 Å². The molecule has 3 heterocycles. The Balaban J connectivity index is 1.29. The monoisotopic (exact) mass is 414 g/mol. The molecule has 2 aliphatic rings. The van der Waals surface area contributed by atoms with Crippen molar-refractivity contribution < 1.29 is 9.90 Å². The maximum absolute atomic E-state index is 12.6. The third-order valence-corrected chi connectivity index (χ3v) is 6.88. The van der Waals surface area contributed by atoms with Crippen molar-refractivity contribution in [2.75, 3.05) is 31.9 Å². The molecular formula is C22H30N4O2S. The third kappa shape index (κ3) is 5.15. The smallest absolute Gasteiger partial charge is 0.222 e. The molecule has 2 aromatic rings. The van der Waals surface area contributed by atoms with Crippen molar-refractivity contribution in [1.29, 1.82) is 0 Å². The molecular weight excluding hydrogens is 384 g/mol. The van der Waals surface area contributed by atoms with Crippen LogP contribution in [-0.4, -0.2) is 57.6 Å². The fraction of sp³-hybridized carbons (Fsp3) is 0.545. The molecule has 0 unspecified atom stereocenters. The van der Waals surface area contributed by atoms with Gasteiger partial charge in [-0.25, -0.2) is 4.98 Å². The molecule has 1 atom stereocenters. The average molecular weight is 415 g/mol. The zero-order valence-electron chi connectivity index (χ0n) is 16.8. The number of β-amino-alcohol motifs (C(OH)–C–C–N with tert-alkyl or cyclic N) is 1. The van der Waals surface area contributed by atoms with Gasteiger partial charge in [0.1, 0.15) is 0 Å². The van der Waals surface area contributed by atoms with Crippen LogP contribution in [0.15, 0.2) is 29.6 Å². The molecule has 1 amide bonds. The highest BCUT2D eigenvalue weighted by molar-refractivity contribution is 7.13. The first kappa shape index (κ1) is 20.3. The van der Waals surface area contributed by atoms with E-state index in [1.54, 1.807) is 0 Å². The topological polar surface area (TPSA) is 82.7 Å². The molecule has 1 fully saturated rings. The van der Waals surface area contributed by atoms with Gasteiger partial charge in [-0.1, -0.05) is 24.3 Å². The van der Waals surface area contributed by atoms with Crippen molar-refractivity contribution in [3.05, 3.63) is 46.5 Å². The summed E-state index contributed by atoms with van der Waals surface area (Å²) in [6.45, 7) is 3.92. The van der Waals surface area contributed by atoms with Crippen LogP contribution in [0.1, 0.15) is 42.5 Å². The van der Waals surface area contributed by atoms with Gasteiger partial charge in [-0.05, 0) is 43.2 Å². The van der Waals surface area contributed by atoms with Crippen molar-refractivity contribution >= 4 is 22.4 Å². The Morgan fingerprint density at radius 1 is 1.21 bits per heavy atom. The van der Waals surface area contributed by atoms with Crippen molar-refractivity contribution in [2.24, 2.45) is 0 Å². The second-order valence-corrected chi connectivity index (χ2v) is 9.25. The van der Waals surface area contributed by atoms with Crippen LogP contribution in [0.2, 0.25) is 0 Å². The largest absolute Gasteiger partial charge is 0.388 e. The number of thiazole rings is 1. The summed E-state index contributed by atoms with van der Waals surface area (Å²) in [5, 5.41) is 13.7. The van der Waals surface area contributed by atoms with Crippen LogP contribution < -0.4 is 5.73 Å². The van der Waals surface area contributed by atoms with Crippen LogP contribution in [0.25, 0.3) is 0 Å². The fourth-order valence-electron chi connectivity index (χ4n) is 4.52. The summed E-state index contributed by atoms with van der Waals surface area (Å²) < 4.78 is 0. The molecule has 0 bridgehead atoms. The van der Waals surface area contributed by atoms with Crippen LogP contribution >= 0.6 is 11.3 Å². The number of aromatic nitrogens is 1. The van der Waals surface area contributed by atoms with Gasteiger partial charge >= 0.3 is 0 Å². The predicted octanol–water partition coefficient (Wildman–Crippen LogP) is 2.46. The highest BCUT2D eigenvalue weighted by Gasteiger charge is 2.34. The third-order valence-electron chi connectivity index (χ3n) is 6.16. The summed E-state index contributed by atoms with van der Waals surface area (Å²) in [5.41, 5.74) is 8.63. The minimum atomic E-state index is -0.718. The number of aliphatic hydroxyl groups is 1. The summed E-state index contributed by atoms with van der Waals surface area (Å²) >= 11 is 1.41. The van der Waals surface area contributed by atoms with Gasteiger partial charge in [0.25, 0.3) is 0 Å². The molecule has 0 radical (unpaired) electrons. The molecule has 0 spiro atoms. The highest BCUT2D eigenvalue weighted by Crippen LogP contribution is 2.27. The fourth-order valence-corrected chi connectivity index (χ4v) is 5.12. The molecule has 6 nitrogen and oxygen atoms in total. The number of aryl methyl sites for hydroxylation is 1. The SMILES string of the molecule is Nc1nc(CCC(=O)N2CCC[C@@](O)(CN3CCc4ccccc4C3)CC2)cs1. The first-order valence-corrected chi connectivity index (χ1v) is 11.4. The van der Waals surface area contributed by atoms with Crippen molar-refractivity contribution in [1.82, 2.24) is 14.8 Å². The molecule has 1 aromatic carbocycles. The molecule has 1 aromatic heterocycles. The quantitative estimate of drug-likeness (QED) is 0.785. The molecule has 2 aliphatic heterocycles. The van der Waals surface area contributed by atoms with Crippen molar-refractivity contribution in [2.45, 2.75) is 50.7 Å². The predicted molar refractivity (Wildman–Crippen MR) is 116 cm³/mol. The van der Waals surface area contributed by atoms with Gasteiger partial charge in [-0.2, -0.15) is 0 Å². The summed E-state index contributed by atoms with van der Waals surface area (Å²) in [4.78, 5) is 21.2. The number of carbonyl (C=O) groups excluding carboxylic acids is 1. The molecule has 7 heteroatoms.